The molecule has 0 saturated carbocycles. The van der Waals surface area contributed by atoms with Crippen molar-refractivity contribution in [1.29, 1.82) is 0 Å². The van der Waals surface area contributed by atoms with Crippen LogP contribution in [0.3, 0.4) is 0 Å². The van der Waals surface area contributed by atoms with E-state index in [1.807, 2.05) is 0 Å². The Labute approximate surface area is 107 Å². The molecule has 0 aromatic heterocycles. The van der Waals surface area contributed by atoms with Gasteiger partial charge in [0.15, 0.2) is 0 Å². The standard InChI is InChI=1S/C16H27N/c1-5-14(4)16(17-6-2)11-10-15-9-7-8-13(3)12-15/h7-9,12,14,16-17H,5-6,10-11H2,1-4H3. The van der Waals surface area contributed by atoms with Gasteiger partial charge in [-0.15, -0.1) is 0 Å². The summed E-state index contributed by atoms with van der Waals surface area (Å²) in [5.74, 6) is 0.764. The van der Waals surface area contributed by atoms with Gasteiger partial charge in [0.25, 0.3) is 0 Å². The first-order valence-electron chi connectivity index (χ1n) is 6.96. The Morgan fingerprint density at radius 1 is 1.24 bits per heavy atom. The topological polar surface area (TPSA) is 12.0 Å². The summed E-state index contributed by atoms with van der Waals surface area (Å²) >= 11 is 0. The van der Waals surface area contributed by atoms with E-state index in [0.29, 0.717) is 6.04 Å². The zero-order valence-corrected chi connectivity index (χ0v) is 11.8. The summed E-state index contributed by atoms with van der Waals surface area (Å²) in [7, 11) is 0. The van der Waals surface area contributed by atoms with Crippen LogP contribution in [-0.2, 0) is 6.42 Å². The molecule has 0 fully saturated rings. The van der Waals surface area contributed by atoms with Crippen LogP contribution < -0.4 is 5.32 Å². The van der Waals surface area contributed by atoms with E-state index in [1.165, 1.54) is 30.4 Å². The highest BCUT2D eigenvalue weighted by Crippen LogP contribution is 2.15. The van der Waals surface area contributed by atoms with Gasteiger partial charge in [0.1, 0.15) is 0 Å². The first kappa shape index (κ1) is 14.2. The minimum Gasteiger partial charge on any atom is -0.314 e. The van der Waals surface area contributed by atoms with Gasteiger partial charge in [0, 0.05) is 6.04 Å². The van der Waals surface area contributed by atoms with Crippen LogP contribution in [0.5, 0.6) is 0 Å². The van der Waals surface area contributed by atoms with Gasteiger partial charge in [-0.05, 0) is 37.8 Å². The molecule has 96 valence electrons. The molecule has 17 heavy (non-hydrogen) atoms. The molecule has 0 amide bonds. The largest absolute Gasteiger partial charge is 0.314 e. The summed E-state index contributed by atoms with van der Waals surface area (Å²) in [6.45, 7) is 10.1. The molecule has 0 spiro atoms. The summed E-state index contributed by atoms with van der Waals surface area (Å²) in [4.78, 5) is 0. The number of hydrogen-bond donors (Lipinski definition) is 1. The maximum Gasteiger partial charge on any atom is 0.00956 e. The van der Waals surface area contributed by atoms with E-state index < -0.39 is 0 Å². The van der Waals surface area contributed by atoms with Crippen molar-refractivity contribution in [1.82, 2.24) is 5.32 Å². The third-order valence-corrected chi connectivity index (χ3v) is 3.62. The molecule has 0 bridgehead atoms. The molecule has 1 heteroatoms. The summed E-state index contributed by atoms with van der Waals surface area (Å²) in [6, 6.07) is 9.54. The van der Waals surface area contributed by atoms with Crippen LogP contribution in [0, 0.1) is 12.8 Å². The Morgan fingerprint density at radius 3 is 2.59 bits per heavy atom. The van der Waals surface area contributed by atoms with E-state index in [9.17, 15) is 0 Å². The fraction of sp³-hybridized carbons (Fsp3) is 0.625. The lowest BCUT2D eigenvalue weighted by molar-refractivity contribution is 0.354. The van der Waals surface area contributed by atoms with Crippen molar-refractivity contribution in [2.45, 2.75) is 53.0 Å². The molecule has 0 radical (unpaired) electrons. The van der Waals surface area contributed by atoms with Gasteiger partial charge in [0.2, 0.25) is 0 Å². The predicted molar refractivity (Wildman–Crippen MR) is 76.4 cm³/mol. The van der Waals surface area contributed by atoms with Crippen LogP contribution >= 0.6 is 0 Å². The molecular formula is C16H27N. The SMILES string of the molecule is CCNC(CCc1cccc(C)c1)C(C)CC. The minimum atomic E-state index is 0.658. The average Bonchev–Trinajstić information content (AvgIpc) is 2.33. The average molecular weight is 233 g/mol. The molecule has 2 unspecified atom stereocenters. The molecule has 1 aromatic rings. The van der Waals surface area contributed by atoms with E-state index in [2.05, 4.69) is 57.3 Å². The Bertz CT molecular complexity index is 319. The third-order valence-electron chi connectivity index (χ3n) is 3.62. The monoisotopic (exact) mass is 233 g/mol. The molecule has 0 saturated heterocycles. The third kappa shape index (κ3) is 4.91. The number of hydrogen-bond acceptors (Lipinski definition) is 1. The Morgan fingerprint density at radius 2 is 2.00 bits per heavy atom. The van der Waals surface area contributed by atoms with Crippen molar-refractivity contribution in [2.75, 3.05) is 6.54 Å². The molecule has 2 atom stereocenters. The van der Waals surface area contributed by atoms with Gasteiger partial charge in [-0.25, -0.2) is 0 Å². The number of aryl methyl sites for hydroxylation is 2. The molecule has 0 heterocycles. The lowest BCUT2D eigenvalue weighted by Crippen LogP contribution is -2.35. The highest BCUT2D eigenvalue weighted by atomic mass is 14.9. The molecule has 0 aliphatic rings. The van der Waals surface area contributed by atoms with Gasteiger partial charge in [-0.3, -0.25) is 0 Å². The van der Waals surface area contributed by atoms with Gasteiger partial charge in [-0.2, -0.15) is 0 Å². The highest BCUT2D eigenvalue weighted by Gasteiger charge is 2.14. The Balaban J connectivity index is 2.51. The normalized spacial score (nSPS) is 14.6. The smallest absolute Gasteiger partial charge is 0.00956 e. The second-order valence-electron chi connectivity index (χ2n) is 5.08. The van der Waals surface area contributed by atoms with E-state index in [0.717, 1.165) is 12.5 Å². The van der Waals surface area contributed by atoms with E-state index >= 15 is 0 Å². The number of rotatable bonds is 7. The summed E-state index contributed by atoms with van der Waals surface area (Å²) < 4.78 is 0. The highest BCUT2D eigenvalue weighted by molar-refractivity contribution is 5.22. The molecule has 1 rings (SSSR count). The number of benzene rings is 1. The lowest BCUT2D eigenvalue weighted by Gasteiger charge is -2.24. The van der Waals surface area contributed by atoms with Crippen molar-refractivity contribution < 1.29 is 0 Å². The first-order chi connectivity index (χ1) is 8.17. The maximum atomic E-state index is 3.62. The van der Waals surface area contributed by atoms with E-state index in [1.54, 1.807) is 0 Å². The van der Waals surface area contributed by atoms with Crippen LogP contribution in [0.2, 0.25) is 0 Å². The van der Waals surface area contributed by atoms with E-state index in [-0.39, 0.29) is 0 Å². The maximum absolute atomic E-state index is 3.62. The fourth-order valence-corrected chi connectivity index (χ4v) is 2.32. The molecule has 0 aliphatic carbocycles. The number of nitrogens with one attached hydrogen (secondary N) is 1. The molecule has 1 N–H and O–H groups in total. The van der Waals surface area contributed by atoms with Crippen LogP contribution in [0.4, 0.5) is 0 Å². The minimum absolute atomic E-state index is 0.658. The molecular weight excluding hydrogens is 206 g/mol. The van der Waals surface area contributed by atoms with Crippen LogP contribution in [0.15, 0.2) is 24.3 Å². The molecule has 1 nitrogen and oxygen atoms in total. The van der Waals surface area contributed by atoms with Gasteiger partial charge < -0.3 is 5.32 Å². The van der Waals surface area contributed by atoms with Crippen molar-refractivity contribution in [3.63, 3.8) is 0 Å². The molecule has 0 aliphatic heterocycles. The second-order valence-corrected chi connectivity index (χ2v) is 5.08. The summed E-state index contributed by atoms with van der Waals surface area (Å²) in [6.07, 6.45) is 3.68. The molecule has 1 aromatic carbocycles. The first-order valence-corrected chi connectivity index (χ1v) is 6.96. The van der Waals surface area contributed by atoms with Crippen molar-refractivity contribution in [3.05, 3.63) is 35.4 Å². The van der Waals surface area contributed by atoms with Crippen molar-refractivity contribution in [2.24, 2.45) is 5.92 Å². The van der Waals surface area contributed by atoms with Gasteiger partial charge in [0.05, 0.1) is 0 Å². The van der Waals surface area contributed by atoms with Crippen molar-refractivity contribution in [3.8, 4) is 0 Å². The lowest BCUT2D eigenvalue weighted by atomic mass is 9.93. The van der Waals surface area contributed by atoms with Gasteiger partial charge >= 0.3 is 0 Å². The summed E-state index contributed by atoms with van der Waals surface area (Å²) in [5.41, 5.74) is 2.84. The van der Waals surface area contributed by atoms with Crippen LogP contribution in [-0.4, -0.2) is 12.6 Å². The van der Waals surface area contributed by atoms with Gasteiger partial charge in [-0.1, -0.05) is 57.0 Å². The zero-order valence-electron chi connectivity index (χ0n) is 11.8. The van der Waals surface area contributed by atoms with Crippen molar-refractivity contribution >= 4 is 0 Å². The fourth-order valence-electron chi connectivity index (χ4n) is 2.32. The predicted octanol–water partition coefficient (Wildman–Crippen LogP) is 3.95. The zero-order chi connectivity index (χ0) is 12.7. The quantitative estimate of drug-likeness (QED) is 0.752. The Hall–Kier alpha value is -0.820. The van der Waals surface area contributed by atoms with Crippen LogP contribution in [0.25, 0.3) is 0 Å². The van der Waals surface area contributed by atoms with E-state index in [4.69, 9.17) is 0 Å². The Kier molecular flexibility index (Phi) is 6.28. The summed E-state index contributed by atoms with van der Waals surface area (Å²) in [5, 5.41) is 3.62. The van der Waals surface area contributed by atoms with Crippen LogP contribution in [0.1, 0.15) is 44.7 Å². The second kappa shape index (κ2) is 7.50.